The van der Waals surface area contributed by atoms with Gasteiger partial charge in [-0.15, -0.1) is 64.6 Å². The molecule has 0 aliphatic heterocycles. The van der Waals surface area contributed by atoms with Crippen LogP contribution in [0.4, 0.5) is 0 Å². The third-order valence-electron chi connectivity index (χ3n) is 16.1. The van der Waals surface area contributed by atoms with Gasteiger partial charge in [0, 0.05) is 17.8 Å². The minimum atomic E-state index is -0.857. The zero-order valence-corrected chi connectivity index (χ0v) is 51.3. The quantitative estimate of drug-likeness (QED) is 0.0767. The summed E-state index contributed by atoms with van der Waals surface area (Å²) in [5.41, 5.74) is 16.6. The Bertz CT molecular complexity index is 3400. The number of esters is 2. The van der Waals surface area contributed by atoms with Gasteiger partial charge in [0.25, 0.3) is 0 Å². The van der Waals surface area contributed by atoms with Gasteiger partial charge in [-0.3, -0.25) is 14.4 Å². The number of rotatable bonds is 18. The van der Waals surface area contributed by atoms with Crippen molar-refractivity contribution in [3.63, 3.8) is 0 Å². The zero-order valence-electron chi connectivity index (χ0n) is 48.9. The average molecular weight is 1180 g/mol. The van der Waals surface area contributed by atoms with Gasteiger partial charge in [0.05, 0.1) is 33.5 Å². The number of phenols is 1. The Hall–Kier alpha value is -7.41. The first-order valence-electron chi connectivity index (χ1n) is 27.7. The number of nitrogens with zero attached hydrogens (tertiary/aromatic N) is 6. The topological polar surface area (TPSA) is 206 Å². The van der Waals surface area contributed by atoms with Gasteiger partial charge < -0.3 is 29.2 Å². The van der Waals surface area contributed by atoms with Crippen molar-refractivity contribution < 1.29 is 43.5 Å². The number of aliphatic carboxylic acids is 1. The predicted octanol–water partition coefficient (Wildman–Crippen LogP) is 14.2. The first-order valence-corrected chi connectivity index (χ1v) is 30.4. The van der Waals surface area contributed by atoms with E-state index in [-0.39, 0.29) is 76.4 Å². The summed E-state index contributed by atoms with van der Waals surface area (Å²) in [6.07, 6.45) is 5.21. The molecule has 0 radical (unpaired) electrons. The molecule has 436 valence electrons. The highest BCUT2D eigenvalue weighted by molar-refractivity contribution is 7.09. The second kappa shape index (κ2) is 26.9. The molecule has 3 heterocycles. The molecule has 3 atom stereocenters. The van der Waals surface area contributed by atoms with Crippen LogP contribution in [0.15, 0.2) is 126 Å². The highest BCUT2D eigenvalue weighted by Crippen LogP contribution is 2.47. The molecule has 15 nitrogen and oxygen atoms in total. The lowest BCUT2D eigenvalue weighted by atomic mass is 9.63. The first kappa shape index (κ1) is 61.7. The number of carboxylic acid groups (broad SMARTS) is 1. The molecule has 0 saturated heterocycles. The summed E-state index contributed by atoms with van der Waals surface area (Å²) in [4.78, 5) is 34.7. The maximum absolute atomic E-state index is 11.9. The fourth-order valence-corrected chi connectivity index (χ4v) is 12.8. The van der Waals surface area contributed by atoms with Gasteiger partial charge >= 0.3 is 17.9 Å². The molecular weight excluding hydrogens is 1100 g/mol. The largest absolute Gasteiger partial charge is 0.508 e. The molecule has 0 unspecified atom stereocenters. The van der Waals surface area contributed by atoms with E-state index in [4.69, 9.17) is 18.9 Å². The van der Waals surface area contributed by atoms with E-state index in [0.717, 1.165) is 43.8 Å². The molecule has 3 aromatic heterocycles. The molecule has 8 aromatic rings. The van der Waals surface area contributed by atoms with Gasteiger partial charge in [0.2, 0.25) is 0 Å². The number of carbonyl (C=O) groups excluding carboxylic acids is 2. The minimum Gasteiger partial charge on any atom is -0.508 e. The van der Waals surface area contributed by atoms with Crippen LogP contribution in [-0.4, -0.2) is 72.9 Å². The monoisotopic (exact) mass is 1180 g/mol. The van der Waals surface area contributed by atoms with Crippen molar-refractivity contribution in [1.82, 2.24) is 30.6 Å². The minimum absolute atomic E-state index is 0.0172. The molecule has 0 fully saturated rings. The number of aromatic nitrogens is 6. The van der Waals surface area contributed by atoms with E-state index in [1.54, 1.807) is 40.8 Å². The lowest BCUT2D eigenvalue weighted by molar-refractivity contribution is -0.141. The third-order valence-corrected chi connectivity index (χ3v) is 18.5. The van der Waals surface area contributed by atoms with Crippen LogP contribution in [0.25, 0.3) is 0 Å². The van der Waals surface area contributed by atoms with Gasteiger partial charge in [-0.05, 0) is 134 Å². The Morgan fingerprint density at radius 3 is 1.11 bits per heavy atom. The SMILES string of the molecule is CC1(C)CCC(C)(C)c2cc(COc3ccc([C@H](CC(=O)O)c4nncs4)cc3)ccc21.COC(=O)C[C@@H](c1ccc(O)cc1)c1nncs1.COC(=O)C[C@@H](c1ccc(OCc2ccc3c(c2)C(C)(C)CCC3(C)C)cc1)c1nncs1. The number of carboxylic acids is 1. The maximum Gasteiger partial charge on any atom is 0.306 e. The Morgan fingerprint density at radius 2 is 0.795 bits per heavy atom. The van der Waals surface area contributed by atoms with Crippen molar-refractivity contribution in [1.29, 1.82) is 0 Å². The lowest BCUT2D eigenvalue weighted by Crippen LogP contribution is -2.33. The van der Waals surface area contributed by atoms with Gasteiger partial charge in [-0.2, -0.15) is 0 Å². The Balaban J connectivity index is 0.000000170. The van der Waals surface area contributed by atoms with Crippen molar-refractivity contribution >= 4 is 51.9 Å². The van der Waals surface area contributed by atoms with Crippen molar-refractivity contribution in [2.75, 3.05) is 14.2 Å². The van der Waals surface area contributed by atoms with E-state index in [1.807, 2.05) is 48.5 Å². The van der Waals surface area contributed by atoms with Crippen molar-refractivity contribution in [2.24, 2.45) is 0 Å². The standard InChI is InChI=1S/C27H32N2O3S.C26H30N2O3S.C12H12N2O3S/c1-26(2)12-13-27(3,4)23-14-18(6-11-22(23)26)16-32-20-9-7-19(8-10-20)21(15-24(30)31-5)25-29-28-17-33-25;1-25(2)11-12-26(3,4)22-13-17(5-10-21(22)25)15-31-19-8-6-18(7-9-19)20(14-23(29)30)24-28-27-16-32-24;1-17-11(16)6-10(12-14-13-7-18-12)8-2-4-9(15)5-3-8/h6-11,14,17,21H,12-13,15-16H2,1-5H3;5-10,13,16,20H,11-12,14-15H2,1-4H3,(H,29,30);2-5,7,10,15H,6H2,1H3/t21-;20-;10-/m000/s1. The highest BCUT2D eigenvalue weighted by Gasteiger charge is 2.38. The molecule has 2 aliphatic carbocycles. The zero-order chi connectivity index (χ0) is 59.5. The number of ether oxygens (including phenoxy) is 4. The number of hydrogen-bond donors (Lipinski definition) is 2. The van der Waals surface area contributed by atoms with Crippen molar-refractivity contribution in [3.05, 3.63) is 191 Å². The summed E-state index contributed by atoms with van der Waals surface area (Å²) in [7, 11) is 2.76. The van der Waals surface area contributed by atoms with Crippen LogP contribution in [0, 0.1) is 0 Å². The van der Waals surface area contributed by atoms with Crippen LogP contribution < -0.4 is 9.47 Å². The van der Waals surface area contributed by atoms with Crippen molar-refractivity contribution in [3.8, 4) is 17.2 Å². The molecule has 2 aliphatic rings. The smallest absolute Gasteiger partial charge is 0.306 e. The maximum atomic E-state index is 11.9. The van der Waals surface area contributed by atoms with Crippen LogP contribution in [-0.2, 0) is 58.7 Å². The summed E-state index contributed by atoms with van der Waals surface area (Å²) in [6.45, 7) is 19.7. The van der Waals surface area contributed by atoms with E-state index in [2.05, 4.69) is 122 Å². The molecule has 18 heteroatoms. The number of phenolic OH excluding ortho intramolecular Hbond substituents is 1. The highest BCUT2D eigenvalue weighted by atomic mass is 32.1. The second-order valence-electron chi connectivity index (χ2n) is 23.7. The number of hydrogen-bond acceptors (Lipinski definition) is 17. The van der Waals surface area contributed by atoms with E-state index >= 15 is 0 Å². The molecule has 0 bridgehead atoms. The van der Waals surface area contributed by atoms with Gasteiger partial charge in [0.1, 0.15) is 62.0 Å². The number of fused-ring (bicyclic) bond motifs is 2. The van der Waals surface area contributed by atoms with E-state index in [9.17, 15) is 24.6 Å². The third kappa shape index (κ3) is 15.8. The summed E-state index contributed by atoms with van der Waals surface area (Å²) in [5.74, 6) is -0.354. The fourth-order valence-electron chi connectivity index (χ4n) is 10.8. The number of aromatic hydroxyl groups is 1. The summed E-state index contributed by atoms with van der Waals surface area (Å²) < 4.78 is 21.7. The van der Waals surface area contributed by atoms with Crippen LogP contribution in [0.2, 0.25) is 0 Å². The molecule has 5 aromatic carbocycles. The summed E-state index contributed by atoms with van der Waals surface area (Å²) in [6, 6.07) is 35.8. The van der Waals surface area contributed by atoms with E-state index in [0.29, 0.717) is 18.2 Å². The van der Waals surface area contributed by atoms with Crippen LogP contribution in [0.1, 0.15) is 183 Å². The van der Waals surface area contributed by atoms with Gasteiger partial charge in [-0.25, -0.2) is 0 Å². The van der Waals surface area contributed by atoms with Gasteiger partial charge in [0.15, 0.2) is 0 Å². The van der Waals surface area contributed by atoms with Crippen LogP contribution in [0.3, 0.4) is 0 Å². The molecule has 10 rings (SSSR count). The lowest BCUT2D eigenvalue weighted by Gasteiger charge is -2.42. The fraction of sp³-hybridized carbons (Fsp3) is 0.400. The summed E-state index contributed by atoms with van der Waals surface area (Å²) >= 11 is 4.20. The molecule has 2 N–H and O–H groups in total. The Labute approximate surface area is 498 Å². The normalized spacial score (nSPS) is 16.1. The average Bonchev–Trinajstić information content (AvgIpc) is 2.98. The number of carbonyl (C=O) groups is 3. The Kier molecular flexibility index (Phi) is 20.0. The molecule has 0 saturated carbocycles. The number of benzene rings is 5. The number of methoxy groups -OCH3 is 2. The molecule has 83 heavy (non-hydrogen) atoms. The van der Waals surface area contributed by atoms with Crippen LogP contribution in [0.5, 0.6) is 17.2 Å². The van der Waals surface area contributed by atoms with Crippen LogP contribution >= 0.6 is 34.0 Å². The second-order valence-corrected chi connectivity index (χ2v) is 26.3. The summed E-state index contributed by atoms with van der Waals surface area (Å²) in [5, 5.41) is 44.6. The molecule has 0 spiro atoms. The van der Waals surface area contributed by atoms with Gasteiger partial charge in [-0.1, -0.05) is 128 Å². The molecular formula is C65H74N6O9S3. The van der Waals surface area contributed by atoms with E-state index in [1.165, 1.54) is 102 Å². The van der Waals surface area contributed by atoms with E-state index < -0.39 is 5.97 Å². The predicted molar refractivity (Wildman–Crippen MR) is 324 cm³/mol. The Morgan fingerprint density at radius 1 is 0.470 bits per heavy atom. The van der Waals surface area contributed by atoms with Crippen molar-refractivity contribution in [2.45, 2.75) is 153 Å². The first-order chi connectivity index (χ1) is 39.5. The molecule has 0 amide bonds.